The molecule has 3 aromatic rings. The van der Waals surface area contributed by atoms with Crippen LogP contribution in [0.25, 0.3) is 10.2 Å². The van der Waals surface area contributed by atoms with E-state index >= 15 is 0 Å². The van der Waals surface area contributed by atoms with Gasteiger partial charge in [0, 0.05) is 13.2 Å². The van der Waals surface area contributed by atoms with Crippen LogP contribution in [0.1, 0.15) is 40.6 Å². The average molecular weight is 516 g/mol. The molecule has 0 bridgehead atoms. The van der Waals surface area contributed by atoms with Gasteiger partial charge in [-0.2, -0.15) is 0 Å². The number of thiophene rings is 1. The van der Waals surface area contributed by atoms with Crippen LogP contribution in [0.2, 0.25) is 0 Å². The normalized spacial score (nSPS) is 15.4. The Morgan fingerprint density at radius 1 is 1.31 bits per heavy atom. The van der Waals surface area contributed by atoms with Crippen LogP contribution in [0.3, 0.4) is 0 Å². The van der Waals surface area contributed by atoms with Gasteiger partial charge in [-0.15, -0.1) is 11.3 Å². The summed E-state index contributed by atoms with van der Waals surface area (Å²) < 4.78 is 12.5. The predicted molar refractivity (Wildman–Crippen MR) is 137 cm³/mol. The highest BCUT2D eigenvalue weighted by atomic mass is 32.2. The summed E-state index contributed by atoms with van der Waals surface area (Å²) >= 11 is 2.38. The Hall–Kier alpha value is -2.69. The molecule has 0 spiro atoms. The summed E-state index contributed by atoms with van der Waals surface area (Å²) in [5.41, 5.74) is 1.52. The zero-order valence-corrected chi connectivity index (χ0v) is 21.5. The van der Waals surface area contributed by atoms with E-state index in [4.69, 9.17) is 14.5 Å². The number of fused-ring (bicyclic) bond motifs is 1. The van der Waals surface area contributed by atoms with Gasteiger partial charge in [-0.05, 0) is 44.2 Å². The van der Waals surface area contributed by atoms with E-state index in [-0.39, 0.29) is 29.9 Å². The number of hydrogen-bond acceptors (Lipinski definition) is 8. The van der Waals surface area contributed by atoms with E-state index < -0.39 is 5.97 Å². The summed E-state index contributed by atoms with van der Waals surface area (Å²) in [4.78, 5) is 44.0. The first-order valence-electron chi connectivity index (χ1n) is 11.7. The fraction of sp³-hybridized carbons (Fsp3) is 0.440. The van der Waals surface area contributed by atoms with Gasteiger partial charge in [-0.1, -0.05) is 42.1 Å². The first kappa shape index (κ1) is 25.4. The number of thioether (sulfide) groups is 1. The Labute approximate surface area is 212 Å². The fourth-order valence-electron chi connectivity index (χ4n) is 4.02. The summed E-state index contributed by atoms with van der Waals surface area (Å²) in [5, 5.41) is 3.81. The smallest absolute Gasteiger partial charge is 0.348 e. The van der Waals surface area contributed by atoms with Gasteiger partial charge in [-0.3, -0.25) is 14.2 Å². The van der Waals surface area contributed by atoms with E-state index in [1.54, 1.807) is 18.4 Å². The molecule has 1 aliphatic heterocycles. The number of nitrogens with one attached hydrogen (secondary N) is 1. The molecule has 8 nitrogen and oxygen atoms in total. The number of amides is 1. The molecule has 35 heavy (non-hydrogen) atoms. The molecule has 1 N–H and O–H groups in total. The summed E-state index contributed by atoms with van der Waals surface area (Å²) in [7, 11) is 0. The number of aromatic nitrogens is 2. The highest BCUT2D eigenvalue weighted by Gasteiger charge is 2.25. The van der Waals surface area contributed by atoms with Gasteiger partial charge in [0.05, 0.1) is 30.4 Å². The molecule has 1 amide bonds. The minimum atomic E-state index is -0.454. The third-order valence-electron chi connectivity index (χ3n) is 5.80. The van der Waals surface area contributed by atoms with E-state index in [1.807, 2.05) is 30.3 Å². The highest BCUT2D eigenvalue weighted by molar-refractivity contribution is 7.99. The number of carbonyl (C=O) groups is 2. The Bertz CT molecular complexity index is 1250. The lowest BCUT2D eigenvalue weighted by molar-refractivity contribution is -0.118. The molecule has 0 aliphatic carbocycles. The standard InChI is InChI=1S/C25H29N3O5S2/c1-3-32-24(31)21-16(2)20-22(35-21)27-25(28(23(20)30)14-18-10-7-13-33-18)34-15-19(29)26-12-11-17-8-5-4-6-9-17/h4-6,8-9,18H,3,7,10-15H2,1-2H3,(H,26,29)/t18-/m0/s1. The first-order valence-corrected chi connectivity index (χ1v) is 13.5. The molecule has 1 aromatic carbocycles. The van der Waals surface area contributed by atoms with Crippen LogP contribution < -0.4 is 10.9 Å². The van der Waals surface area contributed by atoms with Gasteiger partial charge in [0.1, 0.15) is 9.71 Å². The lowest BCUT2D eigenvalue weighted by Crippen LogP contribution is -2.30. The third-order valence-corrected chi connectivity index (χ3v) is 7.94. The zero-order valence-electron chi connectivity index (χ0n) is 19.9. The number of aryl methyl sites for hydroxylation is 1. The Kier molecular flexibility index (Phi) is 8.59. The lowest BCUT2D eigenvalue weighted by Gasteiger charge is -2.16. The Morgan fingerprint density at radius 3 is 2.83 bits per heavy atom. The van der Waals surface area contributed by atoms with Crippen molar-refractivity contribution in [1.29, 1.82) is 0 Å². The number of rotatable bonds is 10. The predicted octanol–water partition coefficient (Wildman–Crippen LogP) is 3.57. The van der Waals surface area contributed by atoms with Crippen molar-refractivity contribution in [2.24, 2.45) is 0 Å². The number of hydrogen-bond donors (Lipinski definition) is 1. The maximum absolute atomic E-state index is 13.5. The third kappa shape index (κ3) is 6.12. The molecule has 0 unspecified atom stereocenters. The van der Waals surface area contributed by atoms with Gasteiger partial charge in [0.25, 0.3) is 5.56 Å². The largest absolute Gasteiger partial charge is 0.462 e. The average Bonchev–Trinajstić information content (AvgIpc) is 3.48. The number of carbonyl (C=O) groups excluding carboxylic acids is 2. The topological polar surface area (TPSA) is 99.5 Å². The summed E-state index contributed by atoms with van der Waals surface area (Å²) in [6.45, 7) is 5.32. The molecule has 0 saturated carbocycles. The van der Waals surface area contributed by atoms with E-state index in [0.29, 0.717) is 45.5 Å². The van der Waals surface area contributed by atoms with Crippen molar-refractivity contribution < 1.29 is 19.1 Å². The summed E-state index contributed by atoms with van der Waals surface area (Å²) in [6, 6.07) is 9.96. The second-order valence-electron chi connectivity index (χ2n) is 8.28. The molecule has 0 radical (unpaired) electrons. The van der Waals surface area contributed by atoms with Gasteiger partial charge in [0.2, 0.25) is 5.91 Å². The molecule has 10 heteroatoms. The maximum atomic E-state index is 13.5. The number of nitrogens with zero attached hydrogens (tertiary/aromatic N) is 2. The molecule has 186 valence electrons. The van der Waals surface area contributed by atoms with Crippen LogP contribution in [-0.4, -0.2) is 53.0 Å². The van der Waals surface area contributed by atoms with Crippen molar-refractivity contribution in [2.75, 3.05) is 25.5 Å². The number of benzene rings is 1. The molecule has 2 aromatic heterocycles. The molecule has 1 saturated heterocycles. The van der Waals surface area contributed by atoms with Crippen molar-refractivity contribution in [2.45, 2.75) is 50.9 Å². The first-order chi connectivity index (χ1) is 17.0. The zero-order chi connectivity index (χ0) is 24.8. The molecule has 1 fully saturated rings. The van der Waals surface area contributed by atoms with Crippen molar-refractivity contribution in [3.05, 3.63) is 56.7 Å². The number of ether oxygens (including phenoxy) is 2. The van der Waals surface area contributed by atoms with Crippen molar-refractivity contribution in [1.82, 2.24) is 14.9 Å². The minimum absolute atomic E-state index is 0.0746. The Morgan fingerprint density at radius 2 is 2.11 bits per heavy atom. The van der Waals surface area contributed by atoms with Gasteiger partial charge < -0.3 is 14.8 Å². The molecule has 1 atom stereocenters. The minimum Gasteiger partial charge on any atom is -0.462 e. The summed E-state index contributed by atoms with van der Waals surface area (Å²) in [6.07, 6.45) is 2.49. The molecule has 3 heterocycles. The molecular formula is C25H29N3O5S2. The SMILES string of the molecule is CCOC(=O)c1sc2nc(SCC(=O)NCCc3ccccc3)n(C[C@@H]3CCCO3)c(=O)c2c1C. The molecular weight excluding hydrogens is 486 g/mol. The van der Waals surface area contributed by atoms with Crippen LogP contribution >= 0.6 is 23.1 Å². The van der Waals surface area contributed by atoms with Gasteiger partial charge >= 0.3 is 5.97 Å². The van der Waals surface area contributed by atoms with E-state index in [0.717, 1.165) is 36.2 Å². The quantitative estimate of drug-likeness (QED) is 0.250. The monoisotopic (exact) mass is 515 g/mol. The second-order valence-corrected chi connectivity index (χ2v) is 10.2. The van der Waals surface area contributed by atoms with Crippen LogP contribution in [0, 0.1) is 6.92 Å². The van der Waals surface area contributed by atoms with Crippen molar-refractivity contribution >= 4 is 45.2 Å². The van der Waals surface area contributed by atoms with E-state index in [1.165, 1.54) is 11.8 Å². The molecule has 1 aliphatic rings. The molecule has 4 rings (SSSR count). The van der Waals surface area contributed by atoms with Crippen molar-refractivity contribution in [3.8, 4) is 0 Å². The Balaban J connectivity index is 1.54. The van der Waals surface area contributed by atoms with Crippen molar-refractivity contribution in [3.63, 3.8) is 0 Å². The maximum Gasteiger partial charge on any atom is 0.348 e. The van der Waals surface area contributed by atoms with E-state index in [9.17, 15) is 14.4 Å². The van der Waals surface area contributed by atoms with Gasteiger partial charge in [0.15, 0.2) is 5.16 Å². The van der Waals surface area contributed by atoms with Crippen LogP contribution in [0.5, 0.6) is 0 Å². The fourth-order valence-corrected chi connectivity index (χ4v) is 5.98. The van der Waals surface area contributed by atoms with Crippen LogP contribution in [0.4, 0.5) is 0 Å². The number of esters is 1. The van der Waals surface area contributed by atoms with E-state index in [2.05, 4.69) is 5.32 Å². The lowest BCUT2D eigenvalue weighted by atomic mass is 10.1. The van der Waals surface area contributed by atoms with Crippen LogP contribution in [0.15, 0.2) is 40.3 Å². The van der Waals surface area contributed by atoms with Gasteiger partial charge in [-0.25, -0.2) is 9.78 Å². The second kappa shape index (κ2) is 11.8. The highest BCUT2D eigenvalue weighted by Crippen LogP contribution is 2.30. The van der Waals surface area contributed by atoms with Crippen LogP contribution in [-0.2, 0) is 27.2 Å². The summed E-state index contributed by atoms with van der Waals surface area (Å²) in [5.74, 6) is -0.448.